The minimum atomic E-state index is 0.705. The smallest absolute Gasteiger partial charge is 0.0480 e. The van der Waals surface area contributed by atoms with Crippen LogP contribution in [0, 0.1) is 0 Å². The molecule has 0 aromatic rings. The lowest BCUT2D eigenvalue weighted by Gasteiger charge is -2.26. The Kier molecular flexibility index (Phi) is 5.07. The molecule has 0 spiro atoms. The second kappa shape index (κ2) is 6.58. The molecule has 94 valence electrons. The molecule has 0 radical (unpaired) electrons. The lowest BCUT2D eigenvalue weighted by Crippen LogP contribution is -2.40. The second-order valence-corrected chi connectivity index (χ2v) is 5.11. The maximum absolute atomic E-state index is 5.36. The molecule has 3 heteroatoms. The highest BCUT2D eigenvalue weighted by molar-refractivity contribution is 4.84. The summed E-state index contributed by atoms with van der Waals surface area (Å²) in [5.41, 5.74) is 0. The van der Waals surface area contributed by atoms with Crippen molar-refractivity contribution in [3.63, 3.8) is 0 Å². The third-order valence-electron chi connectivity index (χ3n) is 3.63. The second-order valence-electron chi connectivity index (χ2n) is 5.11. The van der Waals surface area contributed by atoms with E-state index in [4.69, 9.17) is 4.74 Å². The maximum atomic E-state index is 5.36. The van der Waals surface area contributed by atoms with Crippen LogP contribution in [-0.4, -0.2) is 49.8 Å². The normalized spacial score (nSPS) is 22.9. The molecule has 2 fully saturated rings. The highest BCUT2D eigenvalue weighted by Crippen LogP contribution is 2.26. The lowest BCUT2D eigenvalue weighted by atomic mass is 10.1. The van der Waals surface area contributed by atoms with Crippen molar-refractivity contribution in [2.45, 2.75) is 51.1 Å². The van der Waals surface area contributed by atoms with E-state index in [1.165, 1.54) is 45.2 Å². The molecule has 0 atom stereocenters. The molecule has 3 nitrogen and oxygen atoms in total. The largest absolute Gasteiger partial charge is 0.381 e. The van der Waals surface area contributed by atoms with E-state index >= 15 is 0 Å². The first-order valence-electron chi connectivity index (χ1n) is 6.95. The van der Waals surface area contributed by atoms with Crippen molar-refractivity contribution in [3.8, 4) is 0 Å². The quantitative estimate of drug-likeness (QED) is 0.714. The SMILES string of the molecule is CCCN(CCNC1CCOCC1)C1CC1. The monoisotopic (exact) mass is 226 g/mol. The van der Waals surface area contributed by atoms with E-state index in [-0.39, 0.29) is 0 Å². The Labute approximate surface area is 99.5 Å². The summed E-state index contributed by atoms with van der Waals surface area (Å²) < 4.78 is 5.36. The molecular formula is C13H26N2O. The van der Waals surface area contributed by atoms with Gasteiger partial charge >= 0.3 is 0 Å². The van der Waals surface area contributed by atoms with E-state index in [9.17, 15) is 0 Å². The minimum Gasteiger partial charge on any atom is -0.381 e. The van der Waals surface area contributed by atoms with Gasteiger partial charge in [-0.3, -0.25) is 4.90 Å². The van der Waals surface area contributed by atoms with Crippen molar-refractivity contribution in [2.24, 2.45) is 0 Å². The van der Waals surface area contributed by atoms with Crippen LogP contribution in [0.1, 0.15) is 39.0 Å². The van der Waals surface area contributed by atoms with Gasteiger partial charge in [-0.2, -0.15) is 0 Å². The molecule has 2 aliphatic rings. The van der Waals surface area contributed by atoms with Crippen molar-refractivity contribution in [3.05, 3.63) is 0 Å². The van der Waals surface area contributed by atoms with E-state index in [0.717, 1.165) is 25.8 Å². The fourth-order valence-corrected chi connectivity index (χ4v) is 2.52. The van der Waals surface area contributed by atoms with Crippen LogP contribution in [-0.2, 0) is 4.74 Å². The van der Waals surface area contributed by atoms with Crippen molar-refractivity contribution in [1.82, 2.24) is 10.2 Å². The summed E-state index contributed by atoms with van der Waals surface area (Å²) in [5, 5.41) is 3.67. The zero-order valence-corrected chi connectivity index (χ0v) is 10.6. The van der Waals surface area contributed by atoms with Crippen LogP contribution in [0.5, 0.6) is 0 Å². The van der Waals surface area contributed by atoms with Gasteiger partial charge in [-0.25, -0.2) is 0 Å². The van der Waals surface area contributed by atoms with Gasteiger partial charge in [0.25, 0.3) is 0 Å². The predicted molar refractivity (Wildman–Crippen MR) is 66.7 cm³/mol. The average molecular weight is 226 g/mol. The fraction of sp³-hybridized carbons (Fsp3) is 1.00. The molecule has 1 aliphatic heterocycles. The molecule has 0 bridgehead atoms. The van der Waals surface area contributed by atoms with Gasteiger partial charge in [0.15, 0.2) is 0 Å². The molecule has 1 saturated heterocycles. The maximum Gasteiger partial charge on any atom is 0.0480 e. The number of hydrogen-bond acceptors (Lipinski definition) is 3. The van der Waals surface area contributed by atoms with E-state index in [2.05, 4.69) is 17.1 Å². The zero-order chi connectivity index (χ0) is 11.2. The molecular weight excluding hydrogens is 200 g/mol. The van der Waals surface area contributed by atoms with E-state index in [1.807, 2.05) is 0 Å². The molecule has 0 amide bonds. The van der Waals surface area contributed by atoms with Crippen LogP contribution < -0.4 is 5.32 Å². The van der Waals surface area contributed by atoms with Crippen LogP contribution in [0.15, 0.2) is 0 Å². The Balaban J connectivity index is 1.57. The van der Waals surface area contributed by atoms with Gasteiger partial charge in [0.05, 0.1) is 0 Å². The summed E-state index contributed by atoms with van der Waals surface area (Å²) in [7, 11) is 0. The fourth-order valence-electron chi connectivity index (χ4n) is 2.52. The Hall–Kier alpha value is -0.120. The van der Waals surface area contributed by atoms with Crippen LogP contribution in [0.2, 0.25) is 0 Å². The van der Waals surface area contributed by atoms with Gasteiger partial charge in [0.1, 0.15) is 0 Å². The first-order chi connectivity index (χ1) is 7.90. The van der Waals surface area contributed by atoms with Gasteiger partial charge in [-0.05, 0) is 38.6 Å². The standard InChI is InChI=1S/C13H26N2O/c1-2-8-15(13-3-4-13)9-7-14-12-5-10-16-11-6-12/h12-14H,2-11H2,1H3. The summed E-state index contributed by atoms with van der Waals surface area (Å²) in [6, 6.07) is 1.62. The summed E-state index contributed by atoms with van der Waals surface area (Å²) in [6.07, 6.45) is 6.52. The summed E-state index contributed by atoms with van der Waals surface area (Å²) in [6.45, 7) is 7.83. The molecule has 0 unspecified atom stereocenters. The molecule has 1 heterocycles. The number of rotatable bonds is 7. The molecule has 1 N–H and O–H groups in total. The van der Waals surface area contributed by atoms with E-state index in [1.54, 1.807) is 0 Å². The Morgan fingerprint density at radius 1 is 1.12 bits per heavy atom. The summed E-state index contributed by atoms with van der Waals surface area (Å²) in [5.74, 6) is 0. The predicted octanol–water partition coefficient (Wildman–Crippen LogP) is 1.63. The summed E-state index contributed by atoms with van der Waals surface area (Å²) in [4.78, 5) is 2.66. The Morgan fingerprint density at radius 2 is 1.88 bits per heavy atom. The average Bonchev–Trinajstić information content (AvgIpc) is 3.13. The van der Waals surface area contributed by atoms with Gasteiger partial charge in [0.2, 0.25) is 0 Å². The molecule has 1 saturated carbocycles. The highest BCUT2D eigenvalue weighted by Gasteiger charge is 2.27. The molecule has 0 aromatic heterocycles. The third kappa shape index (κ3) is 4.04. The number of nitrogens with zero attached hydrogens (tertiary/aromatic N) is 1. The first-order valence-corrected chi connectivity index (χ1v) is 6.95. The molecule has 2 rings (SSSR count). The van der Waals surface area contributed by atoms with Crippen molar-refractivity contribution in [1.29, 1.82) is 0 Å². The molecule has 1 aliphatic carbocycles. The van der Waals surface area contributed by atoms with Crippen LogP contribution in [0.25, 0.3) is 0 Å². The van der Waals surface area contributed by atoms with E-state index < -0.39 is 0 Å². The van der Waals surface area contributed by atoms with Crippen molar-refractivity contribution < 1.29 is 4.74 Å². The van der Waals surface area contributed by atoms with Crippen LogP contribution in [0.3, 0.4) is 0 Å². The zero-order valence-electron chi connectivity index (χ0n) is 10.6. The van der Waals surface area contributed by atoms with Gasteiger partial charge in [0, 0.05) is 38.4 Å². The third-order valence-corrected chi connectivity index (χ3v) is 3.63. The highest BCUT2D eigenvalue weighted by atomic mass is 16.5. The number of nitrogens with one attached hydrogen (secondary N) is 1. The minimum absolute atomic E-state index is 0.705. The van der Waals surface area contributed by atoms with Crippen molar-refractivity contribution in [2.75, 3.05) is 32.8 Å². The van der Waals surface area contributed by atoms with Crippen molar-refractivity contribution >= 4 is 0 Å². The molecule has 16 heavy (non-hydrogen) atoms. The van der Waals surface area contributed by atoms with Gasteiger partial charge in [-0.15, -0.1) is 0 Å². The van der Waals surface area contributed by atoms with E-state index in [0.29, 0.717) is 6.04 Å². The topological polar surface area (TPSA) is 24.5 Å². The number of ether oxygens (including phenoxy) is 1. The lowest BCUT2D eigenvalue weighted by molar-refractivity contribution is 0.0771. The van der Waals surface area contributed by atoms with Crippen LogP contribution >= 0.6 is 0 Å². The van der Waals surface area contributed by atoms with Crippen LogP contribution in [0.4, 0.5) is 0 Å². The first kappa shape index (κ1) is 12.3. The summed E-state index contributed by atoms with van der Waals surface area (Å²) >= 11 is 0. The number of hydrogen-bond donors (Lipinski definition) is 1. The van der Waals surface area contributed by atoms with Gasteiger partial charge in [-0.1, -0.05) is 6.92 Å². The molecule has 0 aromatic carbocycles. The van der Waals surface area contributed by atoms with Gasteiger partial charge < -0.3 is 10.1 Å². The Morgan fingerprint density at radius 3 is 2.50 bits per heavy atom. The Bertz CT molecular complexity index is 188.